The molecule has 0 aliphatic rings. The number of amides is 1. The molecule has 3 rings (SSSR count). The lowest BCUT2D eigenvalue weighted by atomic mass is 10.1. The van der Waals surface area contributed by atoms with Gasteiger partial charge in [-0.15, -0.1) is 0 Å². The molecule has 2 aromatic carbocycles. The minimum absolute atomic E-state index is 0.133. The van der Waals surface area contributed by atoms with E-state index in [1.54, 1.807) is 61.5 Å². The maximum atomic E-state index is 12.7. The van der Waals surface area contributed by atoms with Crippen molar-refractivity contribution in [3.05, 3.63) is 77.1 Å². The Morgan fingerprint density at radius 3 is 2.48 bits per heavy atom. The molecule has 0 unspecified atom stereocenters. The topological polar surface area (TPSA) is 117 Å². The summed E-state index contributed by atoms with van der Waals surface area (Å²) in [5.74, 6) is -0.807. The van der Waals surface area contributed by atoms with Crippen molar-refractivity contribution < 1.29 is 14.3 Å². The van der Waals surface area contributed by atoms with Crippen molar-refractivity contribution in [3.8, 4) is 6.07 Å². The van der Waals surface area contributed by atoms with E-state index >= 15 is 0 Å². The van der Waals surface area contributed by atoms with Crippen LogP contribution >= 0.6 is 0 Å². The number of aryl methyl sites for hydroxylation is 1. The number of esters is 1. The molecule has 0 aliphatic carbocycles. The molecular formula is C21H17N5O3. The Kier molecular flexibility index (Phi) is 5.80. The van der Waals surface area contributed by atoms with E-state index in [9.17, 15) is 9.59 Å². The van der Waals surface area contributed by atoms with E-state index in [-0.39, 0.29) is 17.2 Å². The highest BCUT2D eigenvalue weighted by Gasteiger charge is 2.16. The number of anilines is 3. The van der Waals surface area contributed by atoms with Gasteiger partial charge in [-0.3, -0.25) is 4.79 Å². The maximum absolute atomic E-state index is 12.7. The third-order valence-electron chi connectivity index (χ3n) is 3.94. The molecule has 144 valence electrons. The number of benzene rings is 2. The number of para-hydroxylation sites is 1. The van der Waals surface area contributed by atoms with Crippen molar-refractivity contribution in [1.82, 2.24) is 9.97 Å². The van der Waals surface area contributed by atoms with Gasteiger partial charge in [0, 0.05) is 11.4 Å². The van der Waals surface area contributed by atoms with Crippen LogP contribution in [0.3, 0.4) is 0 Å². The van der Waals surface area contributed by atoms with Crippen molar-refractivity contribution >= 4 is 29.2 Å². The number of carbonyl (C=O) groups excluding carboxylic acids is 2. The van der Waals surface area contributed by atoms with Crippen LogP contribution in [0.5, 0.6) is 0 Å². The quantitative estimate of drug-likeness (QED) is 0.644. The van der Waals surface area contributed by atoms with Crippen LogP contribution < -0.4 is 10.6 Å². The van der Waals surface area contributed by atoms with Gasteiger partial charge in [0.25, 0.3) is 5.91 Å². The summed E-state index contributed by atoms with van der Waals surface area (Å²) in [5.41, 5.74) is 2.49. The predicted molar refractivity (Wildman–Crippen MR) is 107 cm³/mol. The first-order valence-electron chi connectivity index (χ1n) is 8.61. The van der Waals surface area contributed by atoms with Gasteiger partial charge in [-0.25, -0.2) is 14.8 Å². The zero-order chi connectivity index (χ0) is 20.8. The number of carbonyl (C=O) groups is 2. The SMILES string of the molecule is COC(=O)c1ccccc1NC(=O)c1cc(C)nc(Nc2ccc(C#N)cc2)n1. The summed E-state index contributed by atoms with van der Waals surface area (Å²) in [5, 5.41) is 14.6. The molecule has 0 fully saturated rings. The standard InChI is InChI=1S/C21H17N5O3/c1-13-11-18(19(27)25-17-6-4-3-5-16(17)20(28)29-2)26-21(23-13)24-15-9-7-14(12-22)8-10-15/h3-11H,1-2H3,(H,25,27)(H,23,24,26). The van der Waals surface area contributed by atoms with Gasteiger partial charge in [0.2, 0.25) is 5.95 Å². The molecule has 0 bridgehead atoms. The summed E-state index contributed by atoms with van der Waals surface area (Å²) in [7, 11) is 1.27. The Labute approximate surface area is 167 Å². The molecule has 1 heterocycles. The highest BCUT2D eigenvalue weighted by Crippen LogP contribution is 2.18. The Balaban J connectivity index is 1.83. The van der Waals surface area contributed by atoms with E-state index in [1.807, 2.05) is 6.07 Å². The van der Waals surface area contributed by atoms with E-state index in [0.29, 0.717) is 22.6 Å². The number of aromatic nitrogens is 2. The van der Waals surface area contributed by atoms with Crippen LogP contribution in [0.1, 0.15) is 32.1 Å². The van der Waals surface area contributed by atoms with Crippen LogP contribution in [0.4, 0.5) is 17.3 Å². The highest BCUT2D eigenvalue weighted by molar-refractivity contribution is 6.07. The Morgan fingerprint density at radius 2 is 1.79 bits per heavy atom. The van der Waals surface area contributed by atoms with Gasteiger partial charge in [-0.2, -0.15) is 5.26 Å². The first-order chi connectivity index (χ1) is 14.0. The van der Waals surface area contributed by atoms with Crippen LogP contribution in [0.15, 0.2) is 54.6 Å². The monoisotopic (exact) mass is 387 g/mol. The molecule has 2 N–H and O–H groups in total. The van der Waals surface area contributed by atoms with E-state index in [4.69, 9.17) is 10.00 Å². The molecule has 1 amide bonds. The number of nitriles is 1. The summed E-state index contributed by atoms with van der Waals surface area (Å²) < 4.78 is 4.74. The summed E-state index contributed by atoms with van der Waals surface area (Å²) >= 11 is 0. The molecule has 8 nitrogen and oxygen atoms in total. The second-order valence-corrected chi connectivity index (χ2v) is 6.02. The molecule has 0 radical (unpaired) electrons. The average Bonchev–Trinajstić information content (AvgIpc) is 2.73. The van der Waals surface area contributed by atoms with Crippen molar-refractivity contribution in [1.29, 1.82) is 5.26 Å². The van der Waals surface area contributed by atoms with Gasteiger partial charge in [0.1, 0.15) is 5.69 Å². The maximum Gasteiger partial charge on any atom is 0.339 e. The Morgan fingerprint density at radius 1 is 1.07 bits per heavy atom. The summed E-state index contributed by atoms with van der Waals surface area (Å²) in [6, 6.07) is 16.9. The minimum Gasteiger partial charge on any atom is -0.465 e. The van der Waals surface area contributed by atoms with Crippen LogP contribution in [-0.2, 0) is 4.74 Å². The summed E-state index contributed by atoms with van der Waals surface area (Å²) in [4.78, 5) is 33.1. The third kappa shape index (κ3) is 4.73. The van der Waals surface area contributed by atoms with Crippen LogP contribution in [0, 0.1) is 18.3 Å². The number of methoxy groups -OCH3 is 1. The third-order valence-corrected chi connectivity index (χ3v) is 3.94. The van der Waals surface area contributed by atoms with Crippen LogP contribution in [0.2, 0.25) is 0 Å². The minimum atomic E-state index is -0.553. The average molecular weight is 387 g/mol. The normalized spacial score (nSPS) is 9.97. The number of ether oxygens (including phenoxy) is 1. The first-order valence-corrected chi connectivity index (χ1v) is 8.61. The number of nitrogens with zero attached hydrogens (tertiary/aromatic N) is 3. The molecule has 0 saturated carbocycles. The number of hydrogen-bond acceptors (Lipinski definition) is 7. The van der Waals surface area contributed by atoms with Gasteiger partial charge in [-0.1, -0.05) is 12.1 Å². The zero-order valence-electron chi connectivity index (χ0n) is 15.8. The van der Waals surface area contributed by atoms with E-state index in [1.165, 1.54) is 7.11 Å². The lowest BCUT2D eigenvalue weighted by Gasteiger charge is -2.11. The smallest absolute Gasteiger partial charge is 0.339 e. The molecule has 29 heavy (non-hydrogen) atoms. The van der Waals surface area contributed by atoms with E-state index < -0.39 is 11.9 Å². The van der Waals surface area contributed by atoms with Gasteiger partial charge in [-0.05, 0) is 49.4 Å². The highest BCUT2D eigenvalue weighted by atomic mass is 16.5. The van der Waals surface area contributed by atoms with Gasteiger partial charge in [0.15, 0.2) is 0 Å². The number of hydrogen-bond donors (Lipinski definition) is 2. The Bertz CT molecular complexity index is 1100. The largest absolute Gasteiger partial charge is 0.465 e. The van der Waals surface area contributed by atoms with Gasteiger partial charge < -0.3 is 15.4 Å². The molecule has 0 atom stereocenters. The fourth-order valence-corrected chi connectivity index (χ4v) is 2.56. The van der Waals surface area contributed by atoms with E-state index in [0.717, 1.165) is 0 Å². The number of nitrogens with one attached hydrogen (secondary N) is 2. The molecule has 1 aromatic heterocycles. The first kappa shape index (κ1) is 19.5. The summed E-state index contributed by atoms with van der Waals surface area (Å²) in [6.45, 7) is 1.74. The fourth-order valence-electron chi connectivity index (χ4n) is 2.56. The van der Waals surface area contributed by atoms with E-state index in [2.05, 4.69) is 20.6 Å². The molecule has 8 heteroatoms. The van der Waals surface area contributed by atoms with Crippen molar-refractivity contribution in [2.75, 3.05) is 17.7 Å². The second-order valence-electron chi connectivity index (χ2n) is 6.02. The molecule has 0 spiro atoms. The predicted octanol–water partition coefficient (Wildman–Crippen LogP) is 3.44. The molecule has 0 aliphatic heterocycles. The molecule has 0 saturated heterocycles. The lowest BCUT2D eigenvalue weighted by molar-refractivity contribution is 0.0602. The van der Waals surface area contributed by atoms with Crippen molar-refractivity contribution in [3.63, 3.8) is 0 Å². The fraction of sp³-hybridized carbons (Fsp3) is 0.0952. The van der Waals surface area contributed by atoms with Crippen molar-refractivity contribution in [2.45, 2.75) is 6.92 Å². The molecular weight excluding hydrogens is 370 g/mol. The second kappa shape index (κ2) is 8.63. The molecule has 3 aromatic rings. The van der Waals surface area contributed by atoms with Crippen LogP contribution in [-0.4, -0.2) is 29.0 Å². The Hall–Kier alpha value is -4.25. The summed E-state index contributed by atoms with van der Waals surface area (Å²) in [6.07, 6.45) is 0. The van der Waals surface area contributed by atoms with Crippen molar-refractivity contribution in [2.24, 2.45) is 0 Å². The van der Waals surface area contributed by atoms with Gasteiger partial charge >= 0.3 is 5.97 Å². The number of rotatable bonds is 5. The zero-order valence-corrected chi connectivity index (χ0v) is 15.8. The van der Waals surface area contributed by atoms with Gasteiger partial charge in [0.05, 0.1) is 30.0 Å². The van der Waals surface area contributed by atoms with Crippen LogP contribution in [0.25, 0.3) is 0 Å². The lowest BCUT2D eigenvalue weighted by Crippen LogP contribution is -2.17.